The smallest absolute Gasteiger partial charge is 0.407 e. The molecule has 38 heavy (non-hydrogen) atoms. The molecule has 3 saturated heterocycles. The number of likely N-dealkylation sites (tertiary alicyclic amines) is 1. The van der Waals surface area contributed by atoms with E-state index in [1.165, 1.54) is 6.33 Å². The van der Waals surface area contributed by atoms with E-state index in [4.69, 9.17) is 24.7 Å². The van der Waals surface area contributed by atoms with Crippen molar-refractivity contribution in [3.8, 4) is 0 Å². The maximum atomic E-state index is 11.9. The second-order valence-electron chi connectivity index (χ2n) is 11.5. The van der Waals surface area contributed by atoms with Gasteiger partial charge < -0.3 is 34.9 Å². The molecular weight excluding hydrogens is 510 g/mol. The molecule has 4 atom stereocenters. The highest BCUT2D eigenvalue weighted by Gasteiger charge is 2.56. The fourth-order valence-electron chi connectivity index (χ4n) is 5.23. The SMILES string of the molecule is CC(C)(C)OC(=O)NCCN1CCC(SC[C@H]2O[C@@H](n3cnc4c(N)ncnc43)[C@H]3OC(C)(C)OC23)CC1. The van der Waals surface area contributed by atoms with Gasteiger partial charge in [-0.3, -0.25) is 4.57 Å². The number of nitrogen functional groups attached to an aromatic ring is 1. The van der Waals surface area contributed by atoms with Crippen molar-refractivity contribution in [1.82, 2.24) is 29.7 Å². The Morgan fingerprint density at radius 1 is 1.21 bits per heavy atom. The van der Waals surface area contributed by atoms with Crippen molar-refractivity contribution < 1.29 is 23.7 Å². The summed E-state index contributed by atoms with van der Waals surface area (Å²) in [5.74, 6) is 0.459. The van der Waals surface area contributed by atoms with E-state index in [9.17, 15) is 4.79 Å². The van der Waals surface area contributed by atoms with Crippen molar-refractivity contribution in [1.29, 1.82) is 0 Å². The lowest BCUT2D eigenvalue weighted by Crippen LogP contribution is -2.41. The lowest BCUT2D eigenvalue weighted by molar-refractivity contribution is -0.193. The monoisotopic (exact) mass is 549 g/mol. The summed E-state index contributed by atoms with van der Waals surface area (Å²) in [7, 11) is 0. The van der Waals surface area contributed by atoms with Gasteiger partial charge in [0.2, 0.25) is 0 Å². The molecule has 3 fully saturated rings. The third-order valence-corrected chi connectivity index (χ3v) is 8.38. The molecule has 12 nitrogen and oxygen atoms in total. The van der Waals surface area contributed by atoms with Crippen LogP contribution in [0, 0.1) is 0 Å². The first-order valence-corrected chi connectivity index (χ1v) is 14.3. The summed E-state index contributed by atoms with van der Waals surface area (Å²) in [6, 6.07) is 0. The molecule has 0 aliphatic carbocycles. The van der Waals surface area contributed by atoms with Gasteiger partial charge in [-0.25, -0.2) is 19.7 Å². The van der Waals surface area contributed by atoms with Crippen LogP contribution >= 0.6 is 11.8 Å². The number of piperidine rings is 1. The number of carbonyl (C=O) groups is 1. The summed E-state index contributed by atoms with van der Waals surface area (Å²) in [4.78, 5) is 27.1. The predicted molar refractivity (Wildman–Crippen MR) is 144 cm³/mol. The molecule has 2 aromatic rings. The fraction of sp³-hybridized carbons (Fsp3) is 0.760. The van der Waals surface area contributed by atoms with Crippen LogP contribution in [0.2, 0.25) is 0 Å². The first kappa shape index (κ1) is 27.4. The Hall–Kier alpha value is -2.19. The Bertz CT molecular complexity index is 1130. The highest BCUT2D eigenvalue weighted by Crippen LogP contribution is 2.45. The Morgan fingerprint density at radius 2 is 1.95 bits per heavy atom. The molecule has 1 amide bonds. The van der Waals surface area contributed by atoms with Crippen LogP contribution in [0.5, 0.6) is 0 Å². The number of fused-ring (bicyclic) bond motifs is 2. The van der Waals surface area contributed by atoms with Gasteiger partial charge >= 0.3 is 6.09 Å². The van der Waals surface area contributed by atoms with Crippen LogP contribution < -0.4 is 11.1 Å². The Kier molecular flexibility index (Phi) is 7.75. The second kappa shape index (κ2) is 10.8. The van der Waals surface area contributed by atoms with Crippen LogP contribution in [0.25, 0.3) is 11.2 Å². The van der Waals surface area contributed by atoms with Gasteiger partial charge in [-0.1, -0.05) is 0 Å². The van der Waals surface area contributed by atoms with Gasteiger partial charge in [-0.05, 0) is 60.5 Å². The molecule has 0 spiro atoms. The van der Waals surface area contributed by atoms with Crippen LogP contribution in [0.3, 0.4) is 0 Å². The van der Waals surface area contributed by atoms with E-state index in [0.717, 1.165) is 38.2 Å². The number of aromatic nitrogens is 4. The zero-order chi connectivity index (χ0) is 27.1. The Labute approximate surface area is 227 Å². The first-order chi connectivity index (χ1) is 18.0. The molecule has 0 aromatic carbocycles. The number of carbonyl (C=O) groups excluding carboxylic acids is 1. The largest absolute Gasteiger partial charge is 0.444 e. The third-order valence-electron chi connectivity index (χ3n) is 6.91. The maximum absolute atomic E-state index is 11.9. The molecule has 0 bridgehead atoms. The average molecular weight is 550 g/mol. The maximum Gasteiger partial charge on any atom is 0.407 e. The van der Waals surface area contributed by atoms with Gasteiger partial charge in [0.15, 0.2) is 23.5 Å². The topological polar surface area (TPSA) is 139 Å². The van der Waals surface area contributed by atoms with Gasteiger partial charge in [-0.2, -0.15) is 11.8 Å². The van der Waals surface area contributed by atoms with E-state index in [-0.39, 0.29) is 24.4 Å². The summed E-state index contributed by atoms with van der Waals surface area (Å²) in [5, 5.41) is 3.39. The molecule has 13 heteroatoms. The number of hydrogen-bond donors (Lipinski definition) is 2. The van der Waals surface area contributed by atoms with Gasteiger partial charge in [0, 0.05) is 24.1 Å². The number of amides is 1. The minimum atomic E-state index is -0.691. The van der Waals surface area contributed by atoms with E-state index in [1.807, 2.05) is 50.9 Å². The van der Waals surface area contributed by atoms with E-state index < -0.39 is 17.6 Å². The number of nitrogens with zero attached hydrogens (tertiary/aromatic N) is 5. The molecule has 5 rings (SSSR count). The molecule has 3 aliphatic heterocycles. The number of ether oxygens (including phenoxy) is 4. The van der Waals surface area contributed by atoms with Crippen molar-refractivity contribution in [2.45, 2.75) is 88.6 Å². The Morgan fingerprint density at radius 3 is 2.68 bits per heavy atom. The molecule has 210 valence electrons. The molecule has 2 aromatic heterocycles. The van der Waals surface area contributed by atoms with Crippen LogP contribution in [0.15, 0.2) is 12.7 Å². The number of nitrogens with two attached hydrogens (primary N) is 1. The zero-order valence-electron chi connectivity index (χ0n) is 22.8. The average Bonchev–Trinajstić information content (AvgIpc) is 3.49. The van der Waals surface area contributed by atoms with Crippen LogP contribution in [-0.2, 0) is 18.9 Å². The summed E-state index contributed by atoms with van der Waals surface area (Å²) in [6.07, 6.45) is 3.95. The van der Waals surface area contributed by atoms with E-state index in [1.54, 1.807) is 6.33 Å². The van der Waals surface area contributed by atoms with Gasteiger partial charge in [-0.15, -0.1) is 0 Å². The lowest BCUT2D eigenvalue weighted by atomic mass is 10.1. The van der Waals surface area contributed by atoms with Crippen molar-refractivity contribution in [3.63, 3.8) is 0 Å². The molecule has 5 heterocycles. The molecular formula is C25H39N7O5S. The summed E-state index contributed by atoms with van der Waals surface area (Å²) in [5.41, 5.74) is 6.68. The quantitative estimate of drug-likeness (QED) is 0.527. The number of imidazole rings is 1. The number of rotatable bonds is 7. The number of anilines is 1. The highest BCUT2D eigenvalue weighted by molar-refractivity contribution is 7.99. The minimum absolute atomic E-state index is 0.121. The molecule has 3 N–H and O–H groups in total. The van der Waals surface area contributed by atoms with Crippen LogP contribution in [0.1, 0.15) is 53.7 Å². The van der Waals surface area contributed by atoms with E-state index in [0.29, 0.717) is 28.8 Å². The van der Waals surface area contributed by atoms with Crippen molar-refractivity contribution in [2.24, 2.45) is 0 Å². The minimum Gasteiger partial charge on any atom is -0.444 e. The third kappa shape index (κ3) is 6.17. The van der Waals surface area contributed by atoms with Crippen LogP contribution in [0.4, 0.5) is 10.6 Å². The summed E-state index contributed by atoms with van der Waals surface area (Å²) < 4.78 is 26.3. The molecule has 3 aliphatic rings. The summed E-state index contributed by atoms with van der Waals surface area (Å²) >= 11 is 1.94. The number of alkyl carbamates (subject to hydrolysis) is 1. The van der Waals surface area contributed by atoms with Crippen molar-refractivity contribution >= 4 is 34.8 Å². The number of hydrogen-bond acceptors (Lipinski definition) is 11. The standard InChI is InChI=1S/C25H39N7O5S/c1-24(2,3)37-23(33)27-8-11-31-9-6-15(7-10-31)38-12-16-18-19(36-25(4,5)35-18)22(34-16)32-14-30-17-20(26)28-13-29-21(17)32/h13-16,18-19,22H,6-12H2,1-5H3,(H,27,33)(H2,26,28,29)/t16-,18?,19+,22-/m1/s1. The second-order valence-corrected chi connectivity index (χ2v) is 12.8. The number of nitrogens with one attached hydrogen (secondary N) is 1. The normalized spacial score (nSPS) is 28.0. The summed E-state index contributed by atoms with van der Waals surface area (Å²) in [6.45, 7) is 12.9. The molecule has 0 saturated carbocycles. The van der Waals surface area contributed by atoms with E-state index in [2.05, 4.69) is 25.2 Å². The van der Waals surface area contributed by atoms with Crippen LogP contribution in [-0.4, -0.2) is 97.4 Å². The predicted octanol–water partition coefficient (Wildman–Crippen LogP) is 2.55. The van der Waals surface area contributed by atoms with Crippen molar-refractivity contribution in [2.75, 3.05) is 37.7 Å². The van der Waals surface area contributed by atoms with E-state index >= 15 is 0 Å². The van der Waals surface area contributed by atoms with Gasteiger partial charge in [0.05, 0.1) is 12.4 Å². The van der Waals surface area contributed by atoms with Gasteiger partial charge in [0.25, 0.3) is 0 Å². The highest BCUT2D eigenvalue weighted by atomic mass is 32.2. The zero-order valence-corrected chi connectivity index (χ0v) is 23.6. The molecule has 0 radical (unpaired) electrons. The van der Waals surface area contributed by atoms with Crippen molar-refractivity contribution in [3.05, 3.63) is 12.7 Å². The lowest BCUT2D eigenvalue weighted by Gasteiger charge is -2.32. The molecule has 1 unspecified atom stereocenters. The first-order valence-electron chi connectivity index (χ1n) is 13.2. The van der Waals surface area contributed by atoms with Gasteiger partial charge in [0.1, 0.15) is 29.7 Å². The Balaban J connectivity index is 1.13. The fourth-order valence-corrected chi connectivity index (χ4v) is 6.51. The number of thioether (sulfide) groups is 1.